The number of benzene rings is 1. The highest BCUT2D eigenvalue weighted by molar-refractivity contribution is 5.79. The van der Waals surface area contributed by atoms with Crippen LogP contribution in [0.5, 0.6) is 0 Å². The summed E-state index contributed by atoms with van der Waals surface area (Å²) in [6.45, 7) is 0. The molecule has 2 N–H and O–H groups in total. The lowest BCUT2D eigenvalue weighted by Gasteiger charge is -2.29. The molecule has 0 aliphatic heterocycles. The molecule has 2 unspecified atom stereocenters. The van der Waals surface area contributed by atoms with Crippen LogP contribution in [0.2, 0.25) is 0 Å². The van der Waals surface area contributed by atoms with E-state index in [-0.39, 0.29) is 17.3 Å². The number of carbonyl (C=O) groups excluding carboxylic acids is 1. The van der Waals surface area contributed by atoms with E-state index in [1.54, 1.807) is 0 Å². The summed E-state index contributed by atoms with van der Waals surface area (Å²) in [5.74, 6) is 0. The van der Waals surface area contributed by atoms with Gasteiger partial charge in [-0.15, -0.1) is 0 Å². The summed E-state index contributed by atoms with van der Waals surface area (Å²) >= 11 is 0. The first-order valence-electron chi connectivity index (χ1n) is 6.30. The van der Waals surface area contributed by atoms with Crippen LogP contribution in [0.15, 0.2) is 18.2 Å². The van der Waals surface area contributed by atoms with Crippen LogP contribution in [0.3, 0.4) is 0 Å². The van der Waals surface area contributed by atoms with Gasteiger partial charge >= 0.3 is 0 Å². The zero-order valence-electron chi connectivity index (χ0n) is 10.4. The fourth-order valence-electron chi connectivity index (χ4n) is 2.37. The Morgan fingerprint density at radius 1 is 1.37 bits per heavy atom. The second-order valence-electron chi connectivity index (χ2n) is 4.75. The van der Waals surface area contributed by atoms with Crippen molar-refractivity contribution >= 4 is 17.7 Å². The third kappa shape index (κ3) is 3.08. The average Bonchev–Trinajstić information content (AvgIpc) is 2.41. The lowest BCUT2D eigenvalue weighted by Crippen LogP contribution is -2.36. The number of carbonyl (C=O) groups is 1. The monoisotopic (exact) mass is 264 g/mol. The quantitative estimate of drug-likeness (QED) is 0.493. The number of aliphatic hydroxyl groups excluding tert-OH is 1. The molecule has 102 valence electrons. The number of nitro benzene ring substituents is 1. The highest BCUT2D eigenvalue weighted by Gasteiger charge is 2.25. The Morgan fingerprint density at radius 3 is 2.74 bits per heavy atom. The topological polar surface area (TPSA) is 92.5 Å². The van der Waals surface area contributed by atoms with Crippen molar-refractivity contribution in [3.63, 3.8) is 0 Å². The summed E-state index contributed by atoms with van der Waals surface area (Å²) in [5, 5.41) is 23.9. The largest absolute Gasteiger partial charge is 0.391 e. The number of aldehydes is 1. The Bertz CT molecular complexity index is 490. The number of rotatable bonds is 4. The molecular weight excluding hydrogens is 248 g/mol. The van der Waals surface area contributed by atoms with Crippen molar-refractivity contribution < 1.29 is 14.8 Å². The minimum absolute atomic E-state index is 0.137. The summed E-state index contributed by atoms with van der Waals surface area (Å²) in [4.78, 5) is 21.1. The fourth-order valence-corrected chi connectivity index (χ4v) is 2.37. The van der Waals surface area contributed by atoms with Crippen LogP contribution in [0.25, 0.3) is 0 Å². The van der Waals surface area contributed by atoms with Gasteiger partial charge in [0.15, 0.2) is 0 Å². The lowest BCUT2D eigenvalue weighted by molar-refractivity contribution is -0.384. The zero-order valence-corrected chi connectivity index (χ0v) is 10.4. The Kier molecular flexibility index (Phi) is 4.11. The third-order valence-electron chi connectivity index (χ3n) is 3.42. The molecule has 0 heterocycles. The van der Waals surface area contributed by atoms with Gasteiger partial charge in [-0.1, -0.05) is 12.8 Å². The number of anilines is 1. The minimum Gasteiger partial charge on any atom is -0.391 e. The van der Waals surface area contributed by atoms with Gasteiger partial charge in [-0.05, 0) is 25.0 Å². The number of nitrogens with one attached hydrogen (secondary N) is 1. The summed E-state index contributed by atoms with van der Waals surface area (Å²) in [6.07, 6.45) is 3.55. The molecule has 0 amide bonds. The maximum absolute atomic E-state index is 11.0. The van der Waals surface area contributed by atoms with Gasteiger partial charge in [0.2, 0.25) is 0 Å². The highest BCUT2D eigenvalue weighted by Crippen LogP contribution is 2.29. The van der Waals surface area contributed by atoms with Gasteiger partial charge in [-0.25, -0.2) is 0 Å². The zero-order chi connectivity index (χ0) is 13.8. The minimum atomic E-state index is -0.523. The molecule has 0 bridgehead atoms. The molecular formula is C13H16N2O4. The Morgan fingerprint density at radius 2 is 2.11 bits per heavy atom. The van der Waals surface area contributed by atoms with E-state index in [2.05, 4.69) is 5.32 Å². The van der Waals surface area contributed by atoms with Crippen LogP contribution in [0, 0.1) is 10.1 Å². The van der Waals surface area contributed by atoms with Gasteiger partial charge in [0.25, 0.3) is 5.69 Å². The van der Waals surface area contributed by atoms with Gasteiger partial charge in [0.1, 0.15) is 12.0 Å². The van der Waals surface area contributed by atoms with Gasteiger partial charge in [0, 0.05) is 11.6 Å². The molecule has 0 aromatic heterocycles. The van der Waals surface area contributed by atoms with Gasteiger partial charge < -0.3 is 10.4 Å². The SMILES string of the molecule is O=Cc1ccc(NC2CCCCC2O)c([N+](=O)[O-])c1. The van der Waals surface area contributed by atoms with Crippen molar-refractivity contribution in [3.05, 3.63) is 33.9 Å². The van der Waals surface area contributed by atoms with Crippen LogP contribution in [0.4, 0.5) is 11.4 Å². The molecule has 0 saturated heterocycles. The van der Waals surface area contributed by atoms with Crippen molar-refractivity contribution in [2.24, 2.45) is 0 Å². The molecule has 1 aliphatic carbocycles. The van der Waals surface area contributed by atoms with E-state index in [0.717, 1.165) is 19.3 Å². The maximum Gasteiger partial charge on any atom is 0.293 e. The van der Waals surface area contributed by atoms with Crippen LogP contribution in [0.1, 0.15) is 36.0 Å². The van der Waals surface area contributed by atoms with Crippen molar-refractivity contribution in [1.29, 1.82) is 0 Å². The lowest BCUT2D eigenvalue weighted by atomic mass is 9.92. The van der Waals surface area contributed by atoms with Gasteiger partial charge in [-0.3, -0.25) is 14.9 Å². The first-order chi connectivity index (χ1) is 9.11. The predicted octanol–water partition coefficient (Wildman–Crippen LogP) is 2.12. The second-order valence-corrected chi connectivity index (χ2v) is 4.75. The summed E-state index contributed by atoms with van der Waals surface area (Å²) in [7, 11) is 0. The standard InChI is InChI=1S/C13H16N2O4/c16-8-9-5-6-10(12(7-9)15(18)19)14-11-3-1-2-4-13(11)17/h5-8,11,13-14,17H,1-4H2. The first-order valence-corrected chi connectivity index (χ1v) is 6.30. The predicted molar refractivity (Wildman–Crippen MR) is 70.4 cm³/mol. The number of hydrogen-bond donors (Lipinski definition) is 2. The first kappa shape index (κ1) is 13.5. The number of hydrogen-bond acceptors (Lipinski definition) is 5. The van der Waals surface area contributed by atoms with E-state index >= 15 is 0 Å². The highest BCUT2D eigenvalue weighted by atomic mass is 16.6. The molecule has 6 heteroatoms. The Labute approximate surface area is 110 Å². The summed E-state index contributed by atoms with van der Waals surface area (Å²) in [6, 6.07) is 4.11. The van der Waals surface area contributed by atoms with E-state index in [1.807, 2.05) is 0 Å². The van der Waals surface area contributed by atoms with Crippen molar-refractivity contribution in [3.8, 4) is 0 Å². The van der Waals surface area contributed by atoms with E-state index in [9.17, 15) is 20.0 Å². The van der Waals surface area contributed by atoms with Crippen molar-refractivity contribution in [1.82, 2.24) is 0 Å². The van der Waals surface area contributed by atoms with Gasteiger partial charge in [-0.2, -0.15) is 0 Å². The summed E-state index contributed by atoms with van der Waals surface area (Å²) in [5.41, 5.74) is 0.477. The van der Waals surface area contributed by atoms with Crippen LogP contribution in [-0.2, 0) is 0 Å². The normalized spacial score (nSPS) is 22.8. The molecule has 0 spiro atoms. The molecule has 1 fully saturated rings. The number of aliphatic hydroxyl groups is 1. The molecule has 1 saturated carbocycles. The third-order valence-corrected chi connectivity index (χ3v) is 3.42. The molecule has 1 aromatic carbocycles. The Balaban J connectivity index is 2.23. The van der Waals surface area contributed by atoms with E-state index < -0.39 is 11.0 Å². The fraction of sp³-hybridized carbons (Fsp3) is 0.462. The number of nitrogens with zero attached hydrogens (tertiary/aromatic N) is 1. The Hall–Kier alpha value is -1.95. The van der Waals surface area contributed by atoms with Crippen LogP contribution in [-0.4, -0.2) is 28.5 Å². The van der Waals surface area contributed by atoms with E-state index in [0.29, 0.717) is 18.4 Å². The molecule has 19 heavy (non-hydrogen) atoms. The van der Waals surface area contributed by atoms with Gasteiger partial charge in [0.05, 0.1) is 17.1 Å². The van der Waals surface area contributed by atoms with Crippen molar-refractivity contribution in [2.45, 2.75) is 37.8 Å². The second kappa shape index (κ2) is 5.79. The molecule has 1 aromatic rings. The molecule has 2 atom stereocenters. The van der Waals surface area contributed by atoms with Crippen LogP contribution >= 0.6 is 0 Å². The molecule has 6 nitrogen and oxygen atoms in total. The molecule has 0 radical (unpaired) electrons. The van der Waals surface area contributed by atoms with Crippen molar-refractivity contribution in [2.75, 3.05) is 5.32 Å². The van der Waals surface area contributed by atoms with E-state index in [4.69, 9.17) is 0 Å². The van der Waals surface area contributed by atoms with Crippen LogP contribution < -0.4 is 5.32 Å². The average molecular weight is 264 g/mol. The van der Waals surface area contributed by atoms with E-state index in [1.165, 1.54) is 18.2 Å². The molecule has 1 aliphatic rings. The smallest absolute Gasteiger partial charge is 0.293 e. The maximum atomic E-state index is 11.0. The number of nitro groups is 1. The summed E-state index contributed by atoms with van der Waals surface area (Å²) < 4.78 is 0. The molecule has 2 rings (SSSR count).